The molecule has 0 aromatic carbocycles. The number of esters is 1. The van der Waals surface area contributed by atoms with Crippen LogP contribution in [0.2, 0.25) is 0 Å². The lowest BCUT2D eigenvalue weighted by Gasteiger charge is -2.19. The van der Waals surface area contributed by atoms with Crippen LogP contribution in [0.15, 0.2) is 0 Å². The summed E-state index contributed by atoms with van der Waals surface area (Å²) in [6.07, 6.45) is 7.79. The van der Waals surface area contributed by atoms with Crippen molar-refractivity contribution in [1.29, 1.82) is 0 Å². The van der Waals surface area contributed by atoms with E-state index < -0.39 is 5.92 Å². The Balaban J connectivity index is 2.14. The normalized spacial score (nSPS) is 18.8. The number of hydrogen-bond acceptors (Lipinski definition) is 3. The van der Waals surface area contributed by atoms with Gasteiger partial charge in [0.25, 0.3) is 0 Å². The Kier molecular flexibility index (Phi) is 6.76. The van der Waals surface area contributed by atoms with Crippen LogP contribution in [0.5, 0.6) is 0 Å². The summed E-state index contributed by atoms with van der Waals surface area (Å²) in [4.78, 5) is 24.9. The van der Waals surface area contributed by atoms with Gasteiger partial charge in [0.2, 0.25) is 5.91 Å². The molecule has 4 nitrogen and oxygen atoms in total. The van der Waals surface area contributed by atoms with E-state index >= 15 is 0 Å². The third-order valence-electron chi connectivity index (χ3n) is 3.46. The molecule has 0 radical (unpaired) electrons. The molecule has 1 fully saturated rings. The summed E-state index contributed by atoms with van der Waals surface area (Å²) in [5.74, 6) is -0.976. The Morgan fingerprint density at radius 2 is 1.94 bits per heavy atom. The molecular weight excluding hydrogens is 230 g/mol. The molecule has 1 aliphatic heterocycles. The average molecular weight is 255 g/mol. The molecule has 1 heterocycles. The summed E-state index contributed by atoms with van der Waals surface area (Å²) < 4.78 is 4.82. The summed E-state index contributed by atoms with van der Waals surface area (Å²) in [7, 11) is 1.78. The Bertz CT molecular complexity index is 278. The molecule has 1 aliphatic rings. The number of hydrogen-bond donors (Lipinski definition) is 0. The van der Waals surface area contributed by atoms with Crippen LogP contribution < -0.4 is 0 Å². The van der Waals surface area contributed by atoms with Gasteiger partial charge in [-0.05, 0) is 6.42 Å². The minimum absolute atomic E-state index is 0.0777. The van der Waals surface area contributed by atoms with Crippen LogP contribution in [-0.2, 0) is 14.3 Å². The number of nitrogens with zero attached hydrogens (tertiary/aromatic N) is 1. The van der Waals surface area contributed by atoms with Crippen molar-refractivity contribution in [3.05, 3.63) is 0 Å². The van der Waals surface area contributed by atoms with E-state index in [4.69, 9.17) is 4.74 Å². The molecule has 0 aliphatic carbocycles. The zero-order chi connectivity index (χ0) is 13.4. The molecule has 0 saturated carbocycles. The minimum Gasteiger partial charge on any atom is -0.465 e. The fourth-order valence-electron chi connectivity index (χ4n) is 2.23. The first-order valence-corrected chi connectivity index (χ1v) is 7.08. The molecule has 1 atom stereocenters. The van der Waals surface area contributed by atoms with E-state index in [2.05, 4.69) is 6.92 Å². The summed E-state index contributed by atoms with van der Waals surface area (Å²) in [6, 6.07) is 0. The van der Waals surface area contributed by atoms with E-state index in [0.717, 1.165) is 19.4 Å². The third kappa shape index (κ3) is 4.67. The monoisotopic (exact) mass is 255 g/mol. The highest BCUT2D eigenvalue weighted by Crippen LogP contribution is 2.17. The summed E-state index contributed by atoms with van der Waals surface area (Å²) in [5.41, 5.74) is 0. The van der Waals surface area contributed by atoms with E-state index in [1.165, 1.54) is 25.7 Å². The molecule has 1 unspecified atom stereocenters. The van der Waals surface area contributed by atoms with Crippen molar-refractivity contribution in [3.8, 4) is 0 Å². The lowest BCUT2D eigenvalue weighted by Crippen LogP contribution is -2.35. The molecular formula is C14H25NO3. The third-order valence-corrected chi connectivity index (χ3v) is 3.46. The lowest BCUT2D eigenvalue weighted by molar-refractivity contribution is -0.148. The van der Waals surface area contributed by atoms with Gasteiger partial charge in [-0.25, -0.2) is 0 Å². The fraction of sp³-hybridized carbons (Fsp3) is 0.857. The molecule has 1 saturated heterocycles. The van der Waals surface area contributed by atoms with Crippen molar-refractivity contribution in [3.63, 3.8) is 0 Å². The quantitative estimate of drug-likeness (QED) is 0.380. The minimum atomic E-state index is -0.546. The van der Waals surface area contributed by atoms with Gasteiger partial charge >= 0.3 is 5.97 Å². The Hall–Kier alpha value is -1.06. The van der Waals surface area contributed by atoms with Crippen molar-refractivity contribution >= 4 is 11.9 Å². The van der Waals surface area contributed by atoms with Gasteiger partial charge in [0.1, 0.15) is 5.92 Å². The SMILES string of the molecule is CCCCCCCCN(C)C(=O)C1CCOC1=O. The van der Waals surface area contributed by atoms with Gasteiger partial charge in [0, 0.05) is 20.0 Å². The Labute approximate surface area is 110 Å². The van der Waals surface area contributed by atoms with Gasteiger partial charge in [-0.15, -0.1) is 0 Å². The van der Waals surface area contributed by atoms with Gasteiger partial charge in [-0.3, -0.25) is 9.59 Å². The van der Waals surface area contributed by atoms with Crippen LogP contribution in [0.25, 0.3) is 0 Å². The maximum Gasteiger partial charge on any atom is 0.318 e. The van der Waals surface area contributed by atoms with Crippen LogP contribution in [-0.4, -0.2) is 37.0 Å². The van der Waals surface area contributed by atoms with E-state index in [1.807, 2.05) is 0 Å². The van der Waals surface area contributed by atoms with Gasteiger partial charge in [-0.2, -0.15) is 0 Å². The van der Waals surface area contributed by atoms with Gasteiger partial charge < -0.3 is 9.64 Å². The molecule has 0 bridgehead atoms. The Morgan fingerprint density at radius 1 is 1.28 bits per heavy atom. The second-order valence-electron chi connectivity index (χ2n) is 5.04. The highest BCUT2D eigenvalue weighted by molar-refractivity contribution is 5.98. The van der Waals surface area contributed by atoms with Crippen molar-refractivity contribution in [2.45, 2.75) is 51.9 Å². The van der Waals surface area contributed by atoms with E-state index in [1.54, 1.807) is 11.9 Å². The van der Waals surface area contributed by atoms with Crippen LogP contribution in [0.3, 0.4) is 0 Å². The number of unbranched alkanes of at least 4 members (excludes halogenated alkanes) is 5. The number of carbonyl (C=O) groups is 2. The van der Waals surface area contributed by atoms with Crippen molar-refractivity contribution in [1.82, 2.24) is 4.90 Å². The van der Waals surface area contributed by atoms with Crippen molar-refractivity contribution in [2.24, 2.45) is 5.92 Å². The molecule has 4 heteroatoms. The molecule has 104 valence electrons. The highest BCUT2D eigenvalue weighted by Gasteiger charge is 2.34. The van der Waals surface area contributed by atoms with Crippen LogP contribution >= 0.6 is 0 Å². The summed E-state index contributed by atoms with van der Waals surface area (Å²) in [6.45, 7) is 3.34. The first-order chi connectivity index (χ1) is 8.66. The maximum atomic E-state index is 11.9. The zero-order valence-electron chi connectivity index (χ0n) is 11.6. The molecule has 0 aromatic rings. The molecule has 0 aromatic heterocycles. The number of ether oxygens (including phenoxy) is 1. The molecule has 18 heavy (non-hydrogen) atoms. The molecule has 1 amide bonds. The average Bonchev–Trinajstić information content (AvgIpc) is 2.78. The smallest absolute Gasteiger partial charge is 0.318 e. The number of cyclic esters (lactones) is 1. The molecule has 0 N–H and O–H groups in total. The van der Waals surface area contributed by atoms with Crippen LogP contribution in [0.1, 0.15) is 51.9 Å². The standard InChI is InChI=1S/C14H25NO3/c1-3-4-5-6-7-8-10-15(2)13(16)12-9-11-18-14(12)17/h12H,3-11H2,1-2H3. The van der Waals surface area contributed by atoms with E-state index in [9.17, 15) is 9.59 Å². The first kappa shape index (κ1) is 15.0. The lowest BCUT2D eigenvalue weighted by atomic mass is 10.1. The predicted molar refractivity (Wildman–Crippen MR) is 70.1 cm³/mol. The second-order valence-corrected chi connectivity index (χ2v) is 5.04. The fourth-order valence-corrected chi connectivity index (χ4v) is 2.23. The number of rotatable bonds is 8. The van der Waals surface area contributed by atoms with Crippen molar-refractivity contribution in [2.75, 3.05) is 20.2 Å². The van der Waals surface area contributed by atoms with E-state index in [0.29, 0.717) is 13.0 Å². The maximum absolute atomic E-state index is 11.9. The van der Waals surface area contributed by atoms with E-state index in [-0.39, 0.29) is 11.9 Å². The topological polar surface area (TPSA) is 46.6 Å². The predicted octanol–water partition coefficient (Wildman–Crippen LogP) is 2.37. The van der Waals surface area contributed by atoms with Crippen molar-refractivity contribution < 1.29 is 14.3 Å². The molecule has 0 spiro atoms. The second kappa shape index (κ2) is 8.11. The largest absolute Gasteiger partial charge is 0.465 e. The van der Waals surface area contributed by atoms with Crippen LogP contribution in [0, 0.1) is 5.92 Å². The highest BCUT2D eigenvalue weighted by atomic mass is 16.5. The summed E-state index contributed by atoms with van der Waals surface area (Å²) >= 11 is 0. The van der Waals surface area contributed by atoms with Gasteiger partial charge in [0.15, 0.2) is 0 Å². The van der Waals surface area contributed by atoms with Gasteiger partial charge in [0.05, 0.1) is 6.61 Å². The Morgan fingerprint density at radius 3 is 2.56 bits per heavy atom. The molecule has 1 rings (SSSR count). The van der Waals surface area contributed by atoms with Crippen LogP contribution in [0.4, 0.5) is 0 Å². The number of carbonyl (C=O) groups excluding carboxylic acids is 2. The number of amides is 1. The zero-order valence-corrected chi connectivity index (χ0v) is 11.6. The first-order valence-electron chi connectivity index (χ1n) is 7.08. The van der Waals surface area contributed by atoms with Gasteiger partial charge in [-0.1, -0.05) is 39.0 Å². The summed E-state index contributed by atoms with van der Waals surface area (Å²) in [5, 5.41) is 0.